The number of rotatable bonds is 6. The van der Waals surface area contributed by atoms with Gasteiger partial charge in [-0.15, -0.1) is 0 Å². The molecule has 0 aromatic rings. The standard InChI is InChI=1S/C16H24/c1-3-5-7-9-11-13-15-16-14-12-10-8-6-4-2/h15-16H,3-10H2,1-2H3. The fourth-order valence-electron chi connectivity index (χ4n) is 1.27. The molecule has 0 radical (unpaired) electrons. The van der Waals surface area contributed by atoms with Crippen molar-refractivity contribution in [3.8, 4) is 23.7 Å². The Morgan fingerprint density at radius 3 is 1.50 bits per heavy atom. The van der Waals surface area contributed by atoms with Crippen LogP contribution in [0.15, 0.2) is 12.2 Å². The van der Waals surface area contributed by atoms with E-state index in [1.807, 2.05) is 12.2 Å². The van der Waals surface area contributed by atoms with Crippen LogP contribution in [-0.4, -0.2) is 0 Å². The van der Waals surface area contributed by atoms with Crippen LogP contribution in [-0.2, 0) is 0 Å². The third-order valence-electron chi connectivity index (χ3n) is 2.26. The third-order valence-corrected chi connectivity index (χ3v) is 2.26. The molecule has 0 saturated heterocycles. The molecule has 0 heteroatoms. The average molecular weight is 216 g/mol. The van der Waals surface area contributed by atoms with Crippen LogP contribution in [0.2, 0.25) is 0 Å². The molecule has 16 heavy (non-hydrogen) atoms. The number of allylic oxidation sites excluding steroid dienone is 2. The van der Waals surface area contributed by atoms with E-state index in [4.69, 9.17) is 0 Å². The molecule has 0 aliphatic heterocycles. The van der Waals surface area contributed by atoms with E-state index in [-0.39, 0.29) is 0 Å². The molecule has 0 N–H and O–H groups in total. The van der Waals surface area contributed by atoms with E-state index in [1.54, 1.807) is 0 Å². The summed E-state index contributed by atoms with van der Waals surface area (Å²) in [5, 5.41) is 0. The van der Waals surface area contributed by atoms with Gasteiger partial charge in [0.2, 0.25) is 0 Å². The second-order valence-electron chi connectivity index (χ2n) is 3.89. The molecule has 0 heterocycles. The molecule has 0 aromatic carbocycles. The molecule has 0 aromatic heterocycles. The van der Waals surface area contributed by atoms with E-state index in [9.17, 15) is 0 Å². The zero-order valence-corrected chi connectivity index (χ0v) is 10.8. The second-order valence-corrected chi connectivity index (χ2v) is 3.89. The van der Waals surface area contributed by atoms with Crippen LogP contribution in [0, 0.1) is 23.7 Å². The molecule has 0 spiro atoms. The average Bonchev–Trinajstić information content (AvgIpc) is 2.31. The van der Waals surface area contributed by atoms with Crippen LogP contribution in [0.1, 0.15) is 65.2 Å². The SMILES string of the molecule is CCCCCC#CC=CC#CCCCCC. The van der Waals surface area contributed by atoms with Gasteiger partial charge in [-0.05, 0) is 25.0 Å². The summed E-state index contributed by atoms with van der Waals surface area (Å²) in [4.78, 5) is 0. The first kappa shape index (κ1) is 14.9. The van der Waals surface area contributed by atoms with Crippen LogP contribution in [0.3, 0.4) is 0 Å². The van der Waals surface area contributed by atoms with Crippen molar-refractivity contribution in [2.75, 3.05) is 0 Å². The highest BCUT2D eigenvalue weighted by Gasteiger charge is 1.80. The van der Waals surface area contributed by atoms with Crippen LogP contribution >= 0.6 is 0 Å². The van der Waals surface area contributed by atoms with E-state index >= 15 is 0 Å². The van der Waals surface area contributed by atoms with Gasteiger partial charge in [-0.25, -0.2) is 0 Å². The maximum atomic E-state index is 3.13. The summed E-state index contributed by atoms with van der Waals surface area (Å²) in [6, 6.07) is 0. The lowest BCUT2D eigenvalue weighted by Gasteiger charge is -1.87. The van der Waals surface area contributed by atoms with Gasteiger partial charge in [0, 0.05) is 12.8 Å². The quantitative estimate of drug-likeness (QED) is 0.445. The molecule has 0 atom stereocenters. The second kappa shape index (κ2) is 13.9. The molecule has 0 bridgehead atoms. The largest absolute Gasteiger partial charge is 0.0985 e. The minimum absolute atomic E-state index is 1.02. The normalized spacial score (nSPS) is 9.38. The third kappa shape index (κ3) is 12.9. The molecule has 88 valence electrons. The molecular formula is C16H24. The van der Waals surface area contributed by atoms with Crippen molar-refractivity contribution in [1.29, 1.82) is 0 Å². The van der Waals surface area contributed by atoms with E-state index in [1.165, 1.54) is 38.5 Å². The van der Waals surface area contributed by atoms with E-state index in [0.717, 1.165) is 12.8 Å². The van der Waals surface area contributed by atoms with E-state index < -0.39 is 0 Å². The summed E-state index contributed by atoms with van der Waals surface area (Å²) in [5.41, 5.74) is 0. The number of hydrogen-bond acceptors (Lipinski definition) is 0. The van der Waals surface area contributed by atoms with Crippen molar-refractivity contribution in [3.05, 3.63) is 12.2 Å². The van der Waals surface area contributed by atoms with Crippen LogP contribution in [0.4, 0.5) is 0 Å². The van der Waals surface area contributed by atoms with Gasteiger partial charge in [0.25, 0.3) is 0 Å². The van der Waals surface area contributed by atoms with Crippen molar-refractivity contribution in [1.82, 2.24) is 0 Å². The van der Waals surface area contributed by atoms with Crippen LogP contribution in [0.5, 0.6) is 0 Å². The zero-order valence-electron chi connectivity index (χ0n) is 10.8. The van der Waals surface area contributed by atoms with Gasteiger partial charge in [-0.1, -0.05) is 63.2 Å². The summed E-state index contributed by atoms with van der Waals surface area (Å²) >= 11 is 0. The zero-order chi connectivity index (χ0) is 11.9. The molecule has 0 nitrogen and oxygen atoms in total. The molecule has 0 unspecified atom stereocenters. The lowest BCUT2D eigenvalue weighted by molar-refractivity contribution is 0.737. The highest BCUT2D eigenvalue weighted by atomic mass is 13.8. The van der Waals surface area contributed by atoms with Gasteiger partial charge < -0.3 is 0 Å². The lowest BCUT2D eigenvalue weighted by Crippen LogP contribution is -1.70. The lowest BCUT2D eigenvalue weighted by atomic mass is 10.2. The molecule has 0 saturated carbocycles. The van der Waals surface area contributed by atoms with Crippen molar-refractivity contribution in [2.24, 2.45) is 0 Å². The first-order valence-electron chi connectivity index (χ1n) is 6.53. The Labute approximate surface area is 102 Å². The molecule has 0 aliphatic carbocycles. The van der Waals surface area contributed by atoms with Gasteiger partial charge in [-0.2, -0.15) is 0 Å². The summed E-state index contributed by atoms with van der Waals surface area (Å²) in [7, 11) is 0. The van der Waals surface area contributed by atoms with Crippen molar-refractivity contribution in [3.63, 3.8) is 0 Å². The first-order valence-corrected chi connectivity index (χ1v) is 6.53. The topological polar surface area (TPSA) is 0 Å². The summed E-state index contributed by atoms with van der Waals surface area (Å²) < 4.78 is 0. The van der Waals surface area contributed by atoms with Crippen LogP contribution in [0.25, 0.3) is 0 Å². The maximum Gasteiger partial charge on any atom is 0.00922 e. The minimum atomic E-state index is 1.02. The van der Waals surface area contributed by atoms with Gasteiger partial charge in [0.1, 0.15) is 0 Å². The molecule has 0 aliphatic rings. The number of hydrogen-bond donors (Lipinski definition) is 0. The van der Waals surface area contributed by atoms with E-state index in [2.05, 4.69) is 37.5 Å². The monoisotopic (exact) mass is 216 g/mol. The fraction of sp³-hybridized carbons (Fsp3) is 0.625. The smallest absolute Gasteiger partial charge is 0.00922 e. The van der Waals surface area contributed by atoms with Gasteiger partial charge >= 0.3 is 0 Å². The Morgan fingerprint density at radius 2 is 1.12 bits per heavy atom. The minimum Gasteiger partial charge on any atom is -0.0985 e. The van der Waals surface area contributed by atoms with Crippen molar-refractivity contribution < 1.29 is 0 Å². The van der Waals surface area contributed by atoms with Gasteiger partial charge in [-0.3, -0.25) is 0 Å². The molecule has 0 amide bonds. The highest BCUT2D eigenvalue weighted by molar-refractivity contribution is 5.24. The summed E-state index contributed by atoms with van der Waals surface area (Å²) in [6.45, 7) is 4.42. The highest BCUT2D eigenvalue weighted by Crippen LogP contribution is 1.97. The van der Waals surface area contributed by atoms with E-state index in [0.29, 0.717) is 0 Å². The van der Waals surface area contributed by atoms with Crippen LogP contribution < -0.4 is 0 Å². The predicted molar refractivity (Wildman–Crippen MR) is 73.0 cm³/mol. The number of unbranched alkanes of at least 4 members (excludes halogenated alkanes) is 6. The summed E-state index contributed by atoms with van der Waals surface area (Å²) in [5.74, 6) is 12.3. The van der Waals surface area contributed by atoms with Gasteiger partial charge in [0.05, 0.1) is 0 Å². The van der Waals surface area contributed by atoms with Crippen molar-refractivity contribution in [2.45, 2.75) is 65.2 Å². The Balaban J connectivity index is 3.44. The first-order chi connectivity index (χ1) is 7.91. The Morgan fingerprint density at radius 1 is 0.688 bits per heavy atom. The Kier molecular flexibility index (Phi) is 12.9. The van der Waals surface area contributed by atoms with Crippen molar-refractivity contribution >= 4 is 0 Å². The van der Waals surface area contributed by atoms with Gasteiger partial charge in [0.15, 0.2) is 0 Å². The Bertz CT molecular complexity index is 245. The predicted octanol–water partition coefficient (Wildman–Crippen LogP) is 4.71. The summed E-state index contributed by atoms with van der Waals surface area (Å²) in [6.07, 6.45) is 13.3. The molecule has 0 rings (SSSR count). The molecule has 0 fully saturated rings. The fourth-order valence-corrected chi connectivity index (χ4v) is 1.27. The Hall–Kier alpha value is -1.14. The molecular weight excluding hydrogens is 192 g/mol. The maximum absolute atomic E-state index is 3.13.